The largest absolute Gasteiger partial charge is 0.407 e. The fourth-order valence-corrected chi connectivity index (χ4v) is 2.61. The first-order valence-electron chi connectivity index (χ1n) is 7.77. The van der Waals surface area contributed by atoms with Crippen LogP contribution in [-0.2, 0) is 6.61 Å². The van der Waals surface area contributed by atoms with Crippen LogP contribution < -0.4 is 4.84 Å². The zero-order valence-corrected chi connectivity index (χ0v) is 13.4. The number of halogens is 3. The van der Waals surface area contributed by atoms with E-state index in [2.05, 4.69) is 9.97 Å². The number of imidazole rings is 1. The van der Waals surface area contributed by atoms with Gasteiger partial charge in [0.05, 0.1) is 11.7 Å². The van der Waals surface area contributed by atoms with Crippen molar-refractivity contribution in [2.75, 3.05) is 0 Å². The lowest BCUT2D eigenvalue weighted by Gasteiger charge is -2.11. The van der Waals surface area contributed by atoms with E-state index in [9.17, 15) is 13.2 Å². The number of hydrogen-bond acceptors (Lipinski definition) is 3. The molecule has 0 saturated heterocycles. The summed E-state index contributed by atoms with van der Waals surface area (Å²) in [6.45, 7) is 0.168. The van der Waals surface area contributed by atoms with Crippen LogP contribution in [0.2, 0.25) is 0 Å². The van der Waals surface area contributed by atoms with Gasteiger partial charge in [0.1, 0.15) is 17.9 Å². The Balaban J connectivity index is 1.84. The minimum Gasteiger partial charge on any atom is -0.407 e. The van der Waals surface area contributed by atoms with Crippen molar-refractivity contribution >= 4 is 11.0 Å². The number of rotatable bonds is 4. The van der Waals surface area contributed by atoms with Crippen molar-refractivity contribution in [3.8, 4) is 11.4 Å². The number of benzene rings is 2. The summed E-state index contributed by atoms with van der Waals surface area (Å²) < 4.78 is 42.1. The van der Waals surface area contributed by atoms with E-state index in [1.807, 2.05) is 30.3 Å². The van der Waals surface area contributed by atoms with Gasteiger partial charge in [-0.2, -0.15) is 4.73 Å². The third-order valence-corrected chi connectivity index (χ3v) is 3.82. The molecule has 0 fully saturated rings. The zero-order chi connectivity index (χ0) is 18.1. The second-order valence-corrected chi connectivity index (χ2v) is 5.64. The predicted octanol–water partition coefficient (Wildman–Crippen LogP) is 4.14. The summed E-state index contributed by atoms with van der Waals surface area (Å²) in [4.78, 5) is 13.8. The molecule has 7 heteroatoms. The minimum atomic E-state index is -1.02. The molecular formula is C19H12F3N3O. The molecule has 0 aliphatic carbocycles. The van der Waals surface area contributed by atoms with Crippen molar-refractivity contribution in [2.45, 2.75) is 6.61 Å². The van der Waals surface area contributed by atoms with Gasteiger partial charge in [-0.1, -0.05) is 30.3 Å². The van der Waals surface area contributed by atoms with Gasteiger partial charge in [-0.15, -0.1) is 0 Å². The Morgan fingerprint density at radius 2 is 1.69 bits per heavy atom. The van der Waals surface area contributed by atoms with E-state index >= 15 is 0 Å². The fourth-order valence-electron chi connectivity index (χ4n) is 2.61. The SMILES string of the molecule is Fc1cncc(-c2nc3cc(F)c(F)cc3n2OCc2ccccc2)c1. The quantitative estimate of drug-likeness (QED) is 0.552. The molecule has 0 aliphatic rings. The van der Waals surface area contributed by atoms with E-state index in [1.54, 1.807) is 0 Å². The Hall–Kier alpha value is -3.35. The lowest BCUT2D eigenvalue weighted by Crippen LogP contribution is -2.13. The maximum absolute atomic E-state index is 13.7. The highest BCUT2D eigenvalue weighted by molar-refractivity contribution is 5.80. The van der Waals surface area contributed by atoms with Crippen LogP contribution >= 0.6 is 0 Å². The van der Waals surface area contributed by atoms with Gasteiger partial charge >= 0.3 is 0 Å². The molecule has 130 valence electrons. The summed E-state index contributed by atoms with van der Waals surface area (Å²) in [5, 5.41) is 0. The average Bonchev–Trinajstić information content (AvgIpc) is 2.99. The molecule has 2 aromatic carbocycles. The predicted molar refractivity (Wildman–Crippen MR) is 89.6 cm³/mol. The van der Waals surface area contributed by atoms with E-state index in [1.165, 1.54) is 17.0 Å². The van der Waals surface area contributed by atoms with Crippen LogP contribution in [-0.4, -0.2) is 14.7 Å². The monoisotopic (exact) mass is 355 g/mol. The molecule has 0 saturated carbocycles. The highest BCUT2D eigenvalue weighted by Gasteiger charge is 2.18. The van der Waals surface area contributed by atoms with E-state index in [0.29, 0.717) is 5.56 Å². The van der Waals surface area contributed by atoms with Gasteiger partial charge in [0, 0.05) is 23.9 Å². The van der Waals surface area contributed by atoms with Gasteiger partial charge in [-0.05, 0) is 11.6 Å². The second-order valence-electron chi connectivity index (χ2n) is 5.64. The molecule has 2 aromatic heterocycles. The van der Waals surface area contributed by atoms with Crippen LogP contribution in [0.15, 0.2) is 60.9 Å². The molecule has 0 unspecified atom stereocenters. The molecule has 26 heavy (non-hydrogen) atoms. The Kier molecular flexibility index (Phi) is 4.04. The molecule has 0 bridgehead atoms. The third-order valence-electron chi connectivity index (χ3n) is 3.82. The summed E-state index contributed by atoms with van der Waals surface area (Å²) in [7, 11) is 0. The highest BCUT2D eigenvalue weighted by Crippen LogP contribution is 2.26. The summed E-state index contributed by atoms with van der Waals surface area (Å²) in [6.07, 6.45) is 2.46. The lowest BCUT2D eigenvalue weighted by atomic mass is 10.2. The first-order chi connectivity index (χ1) is 12.6. The van der Waals surface area contributed by atoms with E-state index in [-0.39, 0.29) is 23.5 Å². The van der Waals surface area contributed by atoms with Crippen LogP contribution in [0, 0.1) is 17.5 Å². The van der Waals surface area contributed by atoms with Crippen molar-refractivity contribution in [1.82, 2.24) is 14.7 Å². The molecule has 2 heterocycles. The molecule has 0 atom stereocenters. The van der Waals surface area contributed by atoms with Crippen molar-refractivity contribution in [3.63, 3.8) is 0 Å². The van der Waals surface area contributed by atoms with Gasteiger partial charge in [0.15, 0.2) is 17.5 Å². The van der Waals surface area contributed by atoms with Gasteiger partial charge in [-0.25, -0.2) is 18.2 Å². The Bertz CT molecular complexity index is 1080. The number of nitrogens with zero attached hydrogens (tertiary/aromatic N) is 3. The van der Waals surface area contributed by atoms with Crippen LogP contribution in [0.1, 0.15) is 5.56 Å². The normalized spacial score (nSPS) is 11.0. The highest BCUT2D eigenvalue weighted by atomic mass is 19.2. The minimum absolute atomic E-state index is 0.168. The molecular weight excluding hydrogens is 343 g/mol. The summed E-state index contributed by atoms with van der Waals surface area (Å²) in [5.74, 6) is -2.39. The van der Waals surface area contributed by atoms with Crippen LogP contribution in [0.4, 0.5) is 13.2 Å². The van der Waals surface area contributed by atoms with Gasteiger partial charge in [0.25, 0.3) is 0 Å². The average molecular weight is 355 g/mol. The Morgan fingerprint density at radius 1 is 0.923 bits per heavy atom. The summed E-state index contributed by atoms with van der Waals surface area (Å²) in [6, 6.07) is 12.5. The molecule has 0 radical (unpaired) electrons. The molecule has 4 rings (SSSR count). The van der Waals surface area contributed by atoms with Crippen molar-refractivity contribution in [2.24, 2.45) is 0 Å². The van der Waals surface area contributed by atoms with Crippen LogP contribution in [0.5, 0.6) is 0 Å². The van der Waals surface area contributed by atoms with Crippen molar-refractivity contribution in [1.29, 1.82) is 0 Å². The molecule has 0 aliphatic heterocycles. The summed E-state index contributed by atoms with van der Waals surface area (Å²) in [5.41, 5.74) is 1.63. The first kappa shape index (κ1) is 16.1. The van der Waals surface area contributed by atoms with Crippen LogP contribution in [0.25, 0.3) is 22.4 Å². The van der Waals surface area contributed by atoms with Crippen molar-refractivity contribution in [3.05, 3.63) is 83.9 Å². The fraction of sp³-hybridized carbons (Fsp3) is 0.0526. The molecule has 4 nitrogen and oxygen atoms in total. The maximum Gasteiger partial charge on any atom is 0.178 e. The first-order valence-corrected chi connectivity index (χ1v) is 7.77. The molecule has 0 N–H and O–H groups in total. The van der Waals surface area contributed by atoms with E-state index in [0.717, 1.165) is 23.9 Å². The Labute approximate surface area is 146 Å². The number of hydrogen-bond donors (Lipinski definition) is 0. The smallest absolute Gasteiger partial charge is 0.178 e. The topological polar surface area (TPSA) is 39.9 Å². The van der Waals surface area contributed by atoms with Crippen LogP contribution in [0.3, 0.4) is 0 Å². The lowest BCUT2D eigenvalue weighted by molar-refractivity contribution is 0.109. The van der Waals surface area contributed by atoms with Gasteiger partial charge in [0.2, 0.25) is 0 Å². The van der Waals surface area contributed by atoms with Gasteiger partial charge < -0.3 is 4.84 Å². The maximum atomic E-state index is 13.7. The zero-order valence-electron chi connectivity index (χ0n) is 13.4. The summed E-state index contributed by atoms with van der Waals surface area (Å²) >= 11 is 0. The Morgan fingerprint density at radius 3 is 2.46 bits per heavy atom. The van der Waals surface area contributed by atoms with E-state index in [4.69, 9.17) is 4.84 Å². The third kappa shape index (κ3) is 2.99. The van der Waals surface area contributed by atoms with Crippen molar-refractivity contribution < 1.29 is 18.0 Å². The molecule has 0 spiro atoms. The number of fused-ring (bicyclic) bond motifs is 1. The number of pyridine rings is 1. The van der Waals surface area contributed by atoms with E-state index < -0.39 is 17.5 Å². The van der Waals surface area contributed by atoms with Gasteiger partial charge in [-0.3, -0.25) is 4.98 Å². The second kappa shape index (κ2) is 6.51. The standard InChI is InChI=1S/C19H12F3N3O/c20-14-6-13(9-23-10-14)19-24-17-7-15(21)16(22)8-18(17)25(19)26-11-12-4-2-1-3-5-12/h1-10H,11H2. The molecule has 0 amide bonds. The molecule has 4 aromatic rings. The number of aromatic nitrogens is 3.